The van der Waals surface area contributed by atoms with Gasteiger partial charge in [0.25, 0.3) is 5.56 Å². The number of aryl methyl sites for hydroxylation is 3. The lowest BCUT2D eigenvalue weighted by Gasteiger charge is -2.13. The Balaban J connectivity index is 1.58. The molecule has 8 heteroatoms. The Bertz CT molecular complexity index is 1060. The first-order chi connectivity index (χ1) is 13.4. The molecule has 0 aliphatic heterocycles. The summed E-state index contributed by atoms with van der Waals surface area (Å²) in [7, 11) is 1.56. The van der Waals surface area contributed by atoms with E-state index in [-0.39, 0.29) is 31.0 Å². The van der Waals surface area contributed by atoms with Crippen molar-refractivity contribution in [1.29, 1.82) is 0 Å². The average molecular weight is 401 g/mol. The minimum atomic E-state index is -0.837. The van der Waals surface area contributed by atoms with Crippen molar-refractivity contribution in [3.8, 4) is 5.75 Å². The number of aliphatic hydroxyl groups is 1. The first kappa shape index (κ1) is 20.0. The molecule has 0 spiro atoms. The van der Waals surface area contributed by atoms with Crippen LogP contribution in [-0.2, 0) is 11.3 Å². The summed E-state index contributed by atoms with van der Waals surface area (Å²) in [5, 5.41) is 13.6. The molecule has 0 aliphatic carbocycles. The van der Waals surface area contributed by atoms with E-state index in [2.05, 4.69) is 10.3 Å². The molecule has 0 radical (unpaired) electrons. The van der Waals surface area contributed by atoms with Crippen molar-refractivity contribution in [2.24, 2.45) is 0 Å². The topological polar surface area (TPSA) is 93.4 Å². The van der Waals surface area contributed by atoms with Gasteiger partial charge in [-0.2, -0.15) is 0 Å². The Kier molecular flexibility index (Phi) is 6.11. The zero-order valence-corrected chi connectivity index (χ0v) is 16.9. The van der Waals surface area contributed by atoms with Crippen molar-refractivity contribution < 1.29 is 14.6 Å². The average Bonchev–Trinajstić information content (AvgIpc) is 3.00. The number of hydrogen-bond donors (Lipinski definition) is 2. The SMILES string of the molecule is COc1cccc(C(O)CNC(=O)CCn2cnc3sc(C)c(C)c3c2=O)c1. The maximum atomic E-state index is 12.6. The summed E-state index contributed by atoms with van der Waals surface area (Å²) in [5.74, 6) is 0.399. The molecule has 0 saturated heterocycles. The third-order valence-corrected chi connectivity index (χ3v) is 5.82. The van der Waals surface area contributed by atoms with E-state index < -0.39 is 6.10 Å². The van der Waals surface area contributed by atoms with Crippen LogP contribution in [0.4, 0.5) is 0 Å². The second-order valence-electron chi connectivity index (χ2n) is 6.55. The standard InChI is InChI=1S/C20H23N3O4S/c1-12-13(2)28-19-18(12)20(26)23(11-22-19)8-7-17(25)21-10-16(24)14-5-4-6-15(9-14)27-3/h4-6,9,11,16,24H,7-8,10H2,1-3H3,(H,21,25). The lowest BCUT2D eigenvalue weighted by molar-refractivity contribution is -0.121. The number of aromatic nitrogens is 2. The molecule has 0 aliphatic rings. The maximum Gasteiger partial charge on any atom is 0.262 e. The zero-order chi connectivity index (χ0) is 20.3. The van der Waals surface area contributed by atoms with E-state index in [1.54, 1.807) is 31.4 Å². The molecule has 0 bridgehead atoms. The van der Waals surface area contributed by atoms with Gasteiger partial charge in [-0.15, -0.1) is 11.3 Å². The minimum Gasteiger partial charge on any atom is -0.497 e. The van der Waals surface area contributed by atoms with Gasteiger partial charge in [0, 0.05) is 24.4 Å². The van der Waals surface area contributed by atoms with Gasteiger partial charge in [0.15, 0.2) is 0 Å². The number of fused-ring (bicyclic) bond motifs is 1. The number of thiophene rings is 1. The van der Waals surface area contributed by atoms with E-state index in [0.717, 1.165) is 15.3 Å². The third-order valence-electron chi connectivity index (χ3n) is 4.71. The lowest BCUT2D eigenvalue weighted by atomic mass is 10.1. The smallest absolute Gasteiger partial charge is 0.262 e. The van der Waals surface area contributed by atoms with Gasteiger partial charge in [0.05, 0.1) is 24.9 Å². The van der Waals surface area contributed by atoms with Crippen molar-refractivity contribution in [2.75, 3.05) is 13.7 Å². The molecular weight excluding hydrogens is 378 g/mol. The van der Waals surface area contributed by atoms with Crippen molar-refractivity contribution in [1.82, 2.24) is 14.9 Å². The Morgan fingerprint density at radius 2 is 2.18 bits per heavy atom. The summed E-state index contributed by atoms with van der Waals surface area (Å²) in [6, 6.07) is 7.06. The predicted molar refractivity (Wildman–Crippen MR) is 109 cm³/mol. The van der Waals surface area contributed by atoms with Gasteiger partial charge in [-0.1, -0.05) is 12.1 Å². The van der Waals surface area contributed by atoms with Crippen LogP contribution < -0.4 is 15.6 Å². The van der Waals surface area contributed by atoms with Crippen LogP contribution in [0.1, 0.15) is 28.5 Å². The molecule has 1 atom stereocenters. The molecule has 2 aromatic heterocycles. The zero-order valence-electron chi connectivity index (χ0n) is 16.1. The minimum absolute atomic E-state index is 0.0843. The summed E-state index contributed by atoms with van der Waals surface area (Å²) in [6.45, 7) is 4.19. The van der Waals surface area contributed by atoms with Crippen molar-refractivity contribution in [3.05, 3.63) is 57.0 Å². The first-order valence-corrected chi connectivity index (χ1v) is 9.76. The fourth-order valence-corrected chi connectivity index (χ4v) is 3.90. The monoisotopic (exact) mass is 401 g/mol. The van der Waals surface area contributed by atoms with Gasteiger partial charge in [-0.3, -0.25) is 14.2 Å². The normalized spacial score (nSPS) is 12.1. The van der Waals surface area contributed by atoms with Gasteiger partial charge in [-0.25, -0.2) is 4.98 Å². The number of hydrogen-bond acceptors (Lipinski definition) is 6. The van der Waals surface area contributed by atoms with Crippen molar-refractivity contribution in [2.45, 2.75) is 32.9 Å². The molecule has 28 heavy (non-hydrogen) atoms. The number of amides is 1. The van der Waals surface area contributed by atoms with Crippen LogP contribution in [-0.4, -0.2) is 34.2 Å². The number of ether oxygens (including phenoxy) is 1. The maximum absolute atomic E-state index is 12.6. The number of rotatable bonds is 7. The third kappa shape index (κ3) is 4.23. The summed E-state index contributed by atoms with van der Waals surface area (Å²) in [4.78, 5) is 30.9. The molecule has 2 heterocycles. The molecule has 148 valence electrons. The Labute approximate surface area is 166 Å². The second kappa shape index (κ2) is 8.53. The summed E-state index contributed by atoms with van der Waals surface area (Å²) < 4.78 is 6.59. The van der Waals surface area contributed by atoms with Gasteiger partial charge >= 0.3 is 0 Å². The number of nitrogens with zero attached hydrogens (tertiary/aromatic N) is 2. The molecule has 1 amide bonds. The fourth-order valence-electron chi connectivity index (χ4n) is 2.92. The van der Waals surface area contributed by atoms with E-state index >= 15 is 0 Å². The highest BCUT2D eigenvalue weighted by atomic mass is 32.1. The summed E-state index contributed by atoms with van der Waals surface area (Å²) >= 11 is 1.50. The van der Waals surface area contributed by atoms with Gasteiger partial charge in [0.1, 0.15) is 10.6 Å². The molecule has 7 nitrogen and oxygen atoms in total. The van der Waals surface area contributed by atoms with E-state index in [9.17, 15) is 14.7 Å². The van der Waals surface area contributed by atoms with Crippen molar-refractivity contribution >= 4 is 27.5 Å². The number of carbonyl (C=O) groups is 1. The Morgan fingerprint density at radius 3 is 2.93 bits per heavy atom. The highest BCUT2D eigenvalue weighted by molar-refractivity contribution is 7.18. The predicted octanol–water partition coefficient (Wildman–Crippen LogP) is 2.32. The van der Waals surface area contributed by atoms with E-state index in [1.165, 1.54) is 22.2 Å². The van der Waals surface area contributed by atoms with Gasteiger partial charge in [0.2, 0.25) is 5.91 Å². The summed E-state index contributed by atoms with van der Waals surface area (Å²) in [5.41, 5.74) is 1.47. The van der Waals surface area contributed by atoms with Crippen LogP contribution in [0.2, 0.25) is 0 Å². The van der Waals surface area contributed by atoms with E-state index in [0.29, 0.717) is 16.7 Å². The number of benzene rings is 1. The van der Waals surface area contributed by atoms with E-state index in [1.807, 2.05) is 13.8 Å². The van der Waals surface area contributed by atoms with Gasteiger partial charge < -0.3 is 15.2 Å². The van der Waals surface area contributed by atoms with Crippen LogP contribution in [0.3, 0.4) is 0 Å². The fraction of sp³-hybridized carbons (Fsp3) is 0.350. The quantitative estimate of drug-likeness (QED) is 0.634. The van der Waals surface area contributed by atoms with Crippen LogP contribution in [0, 0.1) is 13.8 Å². The number of aliphatic hydroxyl groups excluding tert-OH is 1. The molecular formula is C20H23N3O4S. The number of methoxy groups -OCH3 is 1. The highest BCUT2D eigenvalue weighted by Gasteiger charge is 2.14. The van der Waals surface area contributed by atoms with Crippen molar-refractivity contribution in [3.63, 3.8) is 0 Å². The number of nitrogens with one attached hydrogen (secondary N) is 1. The molecule has 1 unspecified atom stereocenters. The molecule has 0 saturated carbocycles. The highest BCUT2D eigenvalue weighted by Crippen LogP contribution is 2.25. The number of carbonyl (C=O) groups excluding carboxylic acids is 1. The van der Waals surface area contributed by atoms with E-state index in [4.69, 9.17) is 4.74 Å². The largest absolute Gasteiger partial charge is 0.497 e. The molecule has 3 rings (SSSR count). The molecule has 1 aromatic carbocycles. The Morgan fingerprint density at radius 1 is 1.39 bits per heavy atom. The van der Waals surface area contributed by atoms with Crippen LogP contribution >= 0.6 is 11.3 Å². The second-order valence-corrected chi connectivity index (χ2v) is 7.76. The molecule has 2 N–H and O–H groups in total. The summed E-state index contributed by atoms with van der Waals surface area (Å²) in [6.07, 6.45) is 0.773. The van der Waals surface area contributed by atoms with Crippen LogP contribution in [0.5, 0.6) is 5.75 Å². The lowest BCUT2D eigenvalue weighted by Crippen LogP contribution is -2.30. The molecule has 0 fully saturated rings. The first-order valence-electron chi connectivity index (χ1n) is 8.94. The van der Waals surface area contributed by atoms with Crippen LogP contribution in [0.15, 0.2) is 35.4 Å². The molecule has 3 aromatic rings. The Hall–Kier alpha value is -2.71. The van der Waals surface area contributed by atoms with Gasteiger partial charge in [-0.05, 0) is 37.1 Å². The van der Waals surface area contributed by atoms with Crippen LogP contribution in [0.25, 0.3) is 10.2 Å².